The van der Waals surface area contributed by atoms with Crippen molar-refractivity contribution in [2.75, 3.05) is 6.54 Å². The molecular weight excluding hydrogens is 500 g/mol. The Hall–Kier alpha value is -2.84. The van der Waals surface area contributed by atoms with Gasteiger partial charge in [-0.05, 0) is 36.6 Å². The van der Waals surface area contributed by atoms with Gasteiger partial charge in [0.1, 0.15) is 5.92 Å². The third-order valence-electron chi connectivity index (χ3n) is 5.90. The van der Waals surface area contributed by atoms with Crippen molar-refractivity contribution in [3.8, 4) is 0 Å². The van der Waals surface area contributed by atoms with Gasteiger partial charge in [0.05, 0.1) is 16.1 Å². The molecule has 2 heterocycles. The zero-order valence-electron chi connectivity index (χ0n) is 19.1. The quantitative estimate of drug-likeness (QED) is 0.351. The standard InChI is InChI=1S/C25H23Cl2F3N4O/c1-3-11-33(14-16-7-5-4-6-8-16)24(35)22-15(2)31-21-13-20(25(28,29)30)32-34(21)23(22)17-9-10-18(26)19(27)12-17/h4-10,12-13,22-23H,3,11,14H2,1-2H3. The Morgan fingerprint density at radius 2 is 1.80 bits per heavy atom. The number of alkyl halides is 3. The Morgan fingerprint density at radius 3 is 2.43 bits per heavy atom. The summed E-state index contributed by atoms with van der Waals surface area (Å²) in [6.07, 6.45) is -3.94. The molecule has 0 bridgehead atoms. The number of carbonyl (C=O) groups is 1. The molecule has 35 heavy (non-hydrogen) atoms. The number of amides is 1. The van der Waals surface area contributed by atoms with Crippen LogP contribution in [0.2, 0.25) is 10.0 Å². The van der Waals surface area contributed by atoms with Crippen molar-refractivity contribution in [1.82, 2.24) is 14.7 Å². The lowest BCUT2D eigenvalue weighted by Crippen LogP contribution is -2.44. The van der Waals surface area contributed by atoms with Crippen LogP contribution in [0.1, 0.15) is 43.1 Å². The van der Waals surface area contributed by atoms with Gasteiger partial charge in [0.15, 0.2) is 11.5 Å². The summed E-state index contributed by atoms with van der Waals surface area (Å²) in [6, 6.07) is 14.3. The van der Waals surface area contributed by atoms with Crippen molar-refractivity contribution in [3.63, 3.8) is 0 Å². The highest BCUT2D eigenvalue weighted by Crippen LogP contribution is 2.41. The zero-order valence-corrected chi connectivity index (χ0v) is 20.6. The summed E-state index contributed by atoms with van der Waals surface area (Å²) in [5, 5.41) is 4.36. The van der Waals surface area contributed by atoms with E-state index in [1.54, 1.807) is 30.0 Å². The molecule has 2 atom stereocenters. The number of halogens is 5. The second-order valence-electron chi connectivity index (χ2n) is 8.42. The molecule has 1 aliphatic rings. The topological polar surface area (TPSA) is 50.5 Å². The molecule has 10 heteroatoms. The number of rotatable bonds is 6. The maximum Gasteiger partial charge on any atom is 0.435 e. The van der Waals surface area contributed by atoms with Crippen molar-refractivity contribution in [1.29, 1.82) is 0 Å². The Balaban J connectivity index is 1.82. The molecule has 3 aromatic rings. The molecule has 0 N–H and O–H groups in total. The van der Waals surface area contributed by atoms with E-state index in [0.717, 1.165) is 11.6 Å². The van der Waals surface area contributed by atoms with Crippen LogP contribution < -0.4 is 0 Å². The van der Waals surface area contributed by atoms with E-state index in [0.29, 0.717) is 35.8 Å². The number of carbonyl (C=O) groups excluding carboxylic acids is 1. The molecule has 2 unspecified atom stereocenters. The lowest BCUT2D eigenvalue weighted by atomic mass is 9.87. The monoisotopic (exact) mass is 522 g/mol. The minimum atomic E-state index is -4.66. The summed E-state index contributed by atoms with van der Waals surface area (Å²) in [5.74, 6) is -1.10. The molecule has 0 saturated heterocycles. The predicted molar refractivity (Wildman–Crippen MR) is 130 cm³/mol. The molecule has 0 spiro atoms. The molecule has 4 rings (SSSR count). The Bertz CT molecular complexity index is 1260. The second kappa shape index (κ2) is 10.0. The highest BCUT2D eigenvalue weighted by atomic mass is 35.5. The molecule has 2 aromatic carbocycles. The minimum absolute atomic E-state index is 0.0278. The van der Waals surface area contributed by atoms with Crippen LogP contribution in [0.15, 0.2) is 59.6 Å². The average molecular weight is 523 g/mol. The van der Waals surface area contributed by atoms with Gasteiger partial charge in [0, 0.05) is 24.9 Å². The summed E-state index contributed by atoms with van der Waals surface area (Å²) in [7, 11) is 0. The van der Waals surface area contributed by atoms with E-state index in [2.05, 4.69) is 10.1 Å². The van der Waals surface area contributed by atoms with E-state index in [-0.39, 0.29) is 16.7 Å². The van der Waals surface area contributed by atoms with E-state index in [4.69, 9.17) is 23.2 Å². The summed E-state index contributed by atoms with van der Waals surface area (Å²) in [6.45, 7) is 4.46. The smallest absolute Gasteiger partial charge is 0.338 e. The van der Waals surface area contributed by atoms with Crippen LogP contribution in [0.4, 0.5) is 19.0 Å². The maximum atomic E-state index is 14.0. The third-order valence-corrected chi connectivity index (χ3v) is 6.64. The molecule has 0 aliphatic carbocycles. The molecular formula is C25H23Cl2F3N4O. The number of fused-ring (bicyclic) bond motifs is 1. The van der Waals surface area contributed by atoms with Crippen molar-refractivity contribution in [3.05, 3.63) is 81.5 Å². The van der Waals surface area contributed by atoms with Crippen molar-refractivity contribution in [2.24, 2.45) is 10.9 Å². The number of hydrogen-bond donors (Lipinski definition) is 0. The minimum Gasteiger partial charge on any atom is -0.338 e. The molecule has 1 aromatic heterocycles. The zero-order chi connectivity index (χ0) is 25.3. The first-order valence-corrected chi connectivity index (χ1v) is 11.8. The first-order chi connectivity index (χ1) is 16.6. The Morgan fingerprint density at radius 1 is 1.09 bits per heavy atom. The van der Waals surface area contributed by atoms with E-state index >= 15 is 0 Å². The SMILES string of the molecule is CCCN(Cc1ccccc1)C(=O)C1C(C)=Nc2cc(C(F)(F)F)nn2C1c1ccc(Cl)c(Cl)c1. The van der Waals surface area contributed by atoms with Gasteiger partial charge in [0.2, 0.25) is 5.91 Å². The van der Waals surface area contributed by atoms with Crippen LogP contribution in [0.25, 0.3) is 0 Å². The van der Waals surface area contributed by atoms with Gasteiger partial charge in [-0.3, -0.25) is 4.79 Å². The molecule has 0 saturated carbocycles. The third kappa shape index (κ3) is 5.23. The Labute approximate surface area is 211 Å². The fourth-order valence-electron chi connectivity index (χ4n) is 4.31. The molecule has 5 nitrogen and oxygen atoms in total. The van der Waals surface area contributed by atoms with Crippen LogP contribution >= 0.6 is 23.2 Å². The Kier molecular flexibility index (Phi) is 7.24. The summed E-state index contributed by atoms with van der Waals surface area (Å²) >= 11 is 12.3. The van der Waals surface area contributed by atoms with Crippen LogP contribution in [-0.2, 0) is 17.5 Å². The average Bonchev–Trinajstić information content (AvgIpc) is 3.24. The van der Waals surface area contributed by atoms with E-state index in [1.807, 2.05) is 37.3 Å². The summed E-state index contributed by atoms with van der Waals surface area (Å²) in [4.78, 5) is 20.0. The molecule has 184 valence electrons. The summed E-state index contributed by atoms with van der Waals surface area (Å²) < 4.78 is 41.7. The van der Waals surface area contributed by atoms with Gasteiger partial charge < -0.3 is 4.90 Å². The van der Waals surface area contributed by atoms with Crippen molar-refractivity contribution >= 4 is 40.6 Å². The van der Waals surface area contributed by atoms with E-state index in [9.17, 15) is 18.0 Å². The van der Waals surface area contributed by atoms with Crippen molar-refractivity contribution in [2.45, 2.75) is 39.0 Å². The molecule has 1 amide bonds. The largest absolute Gasteiger partial charge is 0.435 e. The summed E-state index contributed by atoms with van der Waals surface area (Å²) in [5.41, 5.74) is 0.796. The molecule has 0 fully saturated rings. The number of aliphatic imine (C=N–C) groups is 1. The van der Waals surface area contributed by atoms with Gasteiger partial charge in [-0.15, -0.1) is 0 Å². The van der Waals surface area contributed by atoms with Crippen LogP contribution in [0, 0.1) is 5.92 Å². The van der Waals surface area contributed by atoms with Crippen LogP contribution in [0.3, 0.4) is 0 Å². The highest BCUT2D eigenvalue weighted by Gasteiger charge is 2.43. The van der Waals surface area contributed by atoms with Gasteiger partial charge in [-0.2, -0.15) is 18.3 Å². The van der Waals surface area contributed by atoms with Gasteiger partial charge in [0.25, 0.3) is 0 Å². The van der Waals surface area contributed by atoms with Gasteiger partial charge in [-0.1, -0.05) is 66.5 Å². The normalized spacial score (nSPS) is 17.6. The van der Waals surface area contributed by atoms with E-state index < -0.39 is 23.8 Å². The van der Waals surface area contributed by atoms with Crippen molar-refractivity contribution < 1.29 is 18.0 Å². The van der Waals surface area contributed by atoms with Gasteiger partial charge in [-0.25, -0.2) is 9.67 Å². The number of nitrogens with zero attached hydrogens (tertiary/aromatic N) is 4. The first-order valence-electron chi connectivity index (χ1n) is 11.1. The fourth-order valence-corrected chi connectivity index (χ4v) is 4.62. The predicted octanol–water partition coefficient (Wildman–Crippen LogP) is 6.96. The number of hydrogen-bond acceptors (Lipinski definition) is 3. The van der Waals surface area contributed by atoms with E-state index in [1.165, 1.54) is 4.68 Å². The number of aromatic nitrogens is 2. The highest BCUT2D eigenvalue weighted by molar-refractivity contribution is 6.42. The molecule has 0 radical (unpaired) electrons. The van der Waals surface area contributed by atoms with Gasteiger partial charge >= 0.3 is 6.18 Å². The number of benzene rings is 2. The van der Waals surface area contributed by atoms with Crippen LogP contribution in [0.5, 0.6) is 0 Å². The second-order valence-corrected chi connectivity index (χ2v) is 9.24. The fraction of sp³-hybridized carbons (Fsp3) is 0.320. The maximum absolute atomic E-state index is 14.0. The lowest BCUT2D eigenvalue weighted by molar-refractivity contribution is -0.141. The molecule has 1 aliphatic heterocycles. The lowest BCUT2D eigenvalue weighted by Gasteiger charge is -2.35. The first kappa shape index (κ1) is 25.3. The van der Waals surface area contributed by atoms with Crippen LogP contribution in [-0.4, -0.2) is 32.8 Å².